The van der Waals surface area contributed by atoms with Crippen molar-refractivity contribution in [2.24, 2.45) is 0 Å². The molecule has 0 aliphatic carbocycles. The molecule has 0 saturated heterocycles. The minimum absolute atomic E-state index is 0.212. The van der Waals surface area contributed by atoms with E-state index < -0.39 is 10.0 Å². The topological polar surface area (TPSA) is 55.4 Å². The van der Waals surface area contributed by atoms with E-state index in [-0.39, 0.29) is 11.4 Å². The van der Waals surface area contributed by atoms with Crippen LogP contribution in [0.3, 0.4) is 0 Å². The van der Waals surface area contributed by atoms with Crippen molar-refractivity contribution in [1.82, 2.24) is 4.72 Å². The third kappa shape index (κ3) is 6.19. The average Bonchev–Trinajstić information content (AvgIpc) is 2.59. The van der Waals surface area contributed by atoms with Gasteiger partial charge in [-0.2, -0.15) is 0 Å². The minimum atomic E-state index is -3.56. The third-order valence-electron chi connectivity index (χ3n) is 3.59. The fourth-order valence-corrected chi connectivity index (χ4v) is 3.51. The number of halogens is 2. The van der Waals surface area contributed by atoms with Crippen LogP contribution in [0.5, 0.6) is 5.75 Å². The van der Waals surface area contributed by atoms with Gasteiger partial charge >= 0.3 is 0 Å². The first-order valence-corrected chi connectivity index (χ1v) is 10.3. The second-order valence-corrected chi connectivity index (χ2v) is 8.15. The highest BCUT2D eigenvalue weighted by Crippen LogP contribution is 2.22. The summed E-state index contributed by atoms with van der Waals surface area (Å²) in [7, 11) is -3.56. The van der Waals surface area contributed by atoms with E-state index in [9.17, 15) is 8.42 Å². The Morgan fingerprint density at radius 3 is 2.40 bits per heavy atom. The van der Waals surface area contributed by atoms with Crippen LogP contribution in [0.4, 0.5) is 0 Å². The Labute approximate surface area is 159 Å². The molecule has 2 rings (SSSR count). The molecule has 1 N–H and O–H groups in total. The van der Waals surface area contributed by atoms with Crippen LogP contribution in [0, 0.1) is 0 Å². The van der Waals surface area contributed by atoms with Crippen LogP contribution in [-0.2, 0) is 16.4 Å². The summed E-state index contributed by atoms with van der Waals surface area (Å²) in [4.78, 5) is 0.212. The molecule has 7 heteroatoms. The average molecular weight is 402 g/mol. The quantitative estimate of drug-likeness (QED) is 0.619. The van der Waals surface area contributed by atoms with Gasteiger partial charge in [0.15, 0.2) is 0 Å². The Morgan fingerprint density at radius 2 is 1.76 bits per heavy atom. The van der Waals surface area contributed by atoms with Crippen LogP contribution in [0.2, 0.25) is 10.0 Å². The molecule has 4 nitrogen and oxygen atoms in total. The number of sulfonamides is 1. The number of unbranched alkanes of at least 4 members (excludes halogenated alkanes) is 1. The maximum atomic E-state index is 12.3. The van der Waals surface area contributed by atoms with Crippen molar-refractivity contribution in [3.05, 3.63) is 58.1 Å². The maximum Gasteiger partial charge on any atom is 0.240 e. The summed E-state index contributed by atoms with van der Waals surface area (Å²) < 4.78 is 32.8. The van der Waals surface area contributed by atoms with Crippen molar-refractivity contribution >= 4 is 33.2 Å². The summed E-state index contributed by atoms with van der Waals surface area (Å²) in [6.07, 6.45) is 2.54. The summed E-state index contributed by atoms with van der Waals surface area (Å²) in [5, 5.41) is 0.938. The Balaban J connectivity index is 1.91. The molecule has 0 saturated carbocycles. The minimum Gasteiger partial charge on any atom is -0.494 e. The van der Waals surface area contributed by atoms with Gasteiger partial charge in [0.25, 0.3) is 0 Å². The molecular weight excluding hydrogens is 381 g/mol. The van der Waals surface area contributed by atoms with Crippen LogP contribution in [-0.4, -0.2) is 21.6 Å². The predicted octanol–water partition coefficient (Wildman–Crippen LogP) is 4.69. The summed E-state index contributed by atoms with van der Waals surface area (Å²) in [5.41, 5.74) is 0.914. The highest BCUT2D eigenvalue weighted by atomic mass is 35.5. The highest BCUT2D eigenvalue weighted by molar-refractivity contribution is 7.89. The third-order valence-corrected chi connectivity index (χ3v) is 5.81. The van der Waals surface area contributed by atoms with Gasteiger partial charge in [0, 0.05) is 6.54 Å². The van der Waals surface area contributed by atoms with Gasteiger partial charge in [0.1, 0.15) is 5.75 Å². The molecule has 0 spiro atoms. The van der Waals surface area contributed by atoms with E-state index in [4.69, 9.17) is 27.9 Å². The molecule has 0 aliphatic rings. The van der Waals surface area contributed by atoms with Crippen molar-refractivity contribution in [1.29, 1.82) is 0 Å². The number of ether oxygens (including phenoxy) is 1. The standard InChI is InChI=1S/C18H21Cl2NO3S/c1-2-3-12-24-15-5-7-16(8-6-15)25(22,23)21-11-10-14-4-9-17(19)18(20)13-14/h4-9,13,21H,2-3,10-12H2,1H3. The van der Waals surface area contributed by atoms with Crippen LogP contribution in [0.25, 0.3) is 0 Å². The lowest BCUT2D eigenvalue weighted by atomic mass is 10.1. The zero-order valence-corrected chi connectivity index (χ0v) is 16.3. The molecule has 0 atom stereocenters. The summed E-state index contributed by atoms with van der Waals surface area (Å²) >= 11 is 11.8. The number of hydrogen-bond acceptors (Lipinski definition) is 3. The molecule has 0 unspecified atom stereocenters. The van der Waals surface area contributed by atoms with Gasteiger partial charge < -0.3 is 4.74 Å². The van der Waals surface area contributed by atoms with E-state index in [1.807, 2.05) is 6.07 Å². The van der Waals surface area contributed by atoms with Gasteiger partial charge in [-0.3, -0.25) is 0 Å². The molecule has 0 amide bonds. The second kappa shape index (κ2) is 9.43. The Bertz CT molecular complexity index is 792. The zero-order valence-electron chi connectivity index (χ0n) is 14.0. The van der Waals surface area contributed by atoms with Gasteiger partial charge in [-0.25, -0.2) is 13.1 Å². The number of rotatable bonds is 9. The number of benzene rings is 2. The largest absolute Gasteiger partial charge is 0.494 e. The van der Waals surface area contributed by atoms with Crippen LogP contribution >= 0.6 is 23.2 Å². The smallest absolute Gasteiger partial charge is 0.240 e. The SMILES string of the molecule is CCCCOc1ccc(S(=O)(=O)NCCc2ccc(Cl)c(Cl)c2)cc1. The van der Waals surface area contributed by atoms with E-state index in [1.54, 1.807) is 36.4 Å². The Morgan fingerprint density at radius 1 is 1.04 bits per heavy atom. The molecule has 2 aromatic rings. The fourth-order valence-electron chi connectivity index (χ4n) is 2.16. The molecule has 0 heterocycles. The van der Waals surface area contributed by atoms with Gasteiger partial charge in [0.2, 0.25) is 10.0 Å². The monoisotopic (exact) mass is 401 g/mol. The normalized spacial score (nSPS) is 11.5. The number of hydrogen-bond donors (Lipinski definition) is 1. The predicted molar refractivity (Wildman–Crippen MR) is 102 cm³/mol. The molecular formula is C18H21Cl2NO3S. The molecule has 0 aromatic heterocycles. The number of nitrogens with one attached hydrogen (secondary N) is 1. The van der Waals surface area contributed by atoms with E-state index in [1.165, 1.54) is 0 Å². The first kappa shape index (κ1) is 20.0. The van der Waals surface area contributed by atoms with Gasteiger partial charge in [-0.05, 0) is 54.8 Å². The molecule has 0 bridgehead atoms. The Kier molecular flexibility index (Phi) is 7.56. The molecule has 136 valence electrons. The van der Waals surface area contributed by atoms with Gasteiger partial charge in [-0.1, -0.05) is 42.6 Å². The lowest BCUT2D eigenvalue weighted by Gasteiger charge is -2.09. The van der Waals surface area contributed by atoms with E-state index in [0.717, 1.165) is 18.4 Å². The van der Waals surface area contributed by atoms with E-state index in [0.29, 0.717) is 28.8 Å². The lowest BCUT2D eigenvalue weighted by molar-refractivity contribution is 0.309. The molecule has 25 heavy (non-hydrogen) atoms. The molecule has 0 radical (unpaired) electrons. The first-order valence-electron chi connectivity index (χ1n) is 8.09. The van der Waals surface area contributed by atoms with Crippen molar-refractivity contribution in [2.75, 3.05) is 13.2 Å². The van der Waals surface area contributed by atoms with Crippen molar-refractivity contribution in [3.63, 3.8) is 0 Å². The van der Waals surface area contributed by atoms with Gasteiger partial charge in [0.05, 0.1) is 21.5 Å². The summed E-state index contributed by atoms with van der Waals surface area (Å²) in [6, 6.07) is 11.7. The molecule has 0 aliphatic heterocycles. The lowest BCUT2D eigenvalue weighted by Crippen LogP contribution is -2.26. The first-order chi connectivity index (χ1) is 11.9. The summed E-state index contributed by atoms with van der Waals surface area (Å²) in [5.74, 6) is 0.670. The van der Waals surface area contributed by atoms with Crippen LogP contribution in [0.15, 0.2) is 47.4 Å². The maximum absolute atomic E-state index is 12.3. The van der Waals surface area contributed by atoms with E-state index in [2.05, 4.69) is 11.6 Å². The van der Waals surface area contributed by atoms with Crippen molar-refractivity contribution in [2.45, 2.75) is 31.1 Å². The second-order valence-electron chi connectivity index (χ2n) is 5.57. The van der Waals surface area contributed by atoms with Gasteiger partial charge in [-0.15, -0.1) is 0 Å². The highest BCUT2D eigenvalue weighted by Gasteiger charge is 2.13. The molecule has 0 fully saturated rings. The van der Waals surface area contributed by atoms with Crippen LogP contribution in [0.1, 0.15) is 25.3 Å². The van der Waals surface area contributed by atoms with E-state index >= 15 is 0 Å². The molecule has 2 aromatic carbocycles. The van der Waals surface area contributed by atoms with Crippen molar-refractivity contribution < 1.29 is 13.2 Å². The van der Waals surface area contributed by atoms with Crippen molar-refractivity contribution in [3.8, 4) is 5.75 Å². The van der Waals surface area contributed by atoms with Crippen LogP contribution < -0.4 is 9.46 Å². The summed E-state index contributed by atoms with van der Waals surface area (Å²) in [6.45, 7) is 2.99. The zero-order chi connectivity index (χ0) is 18.3. The Hall–Kier alpha value is -1.27. The fraction of sp³-hybridized carbons (Fsp3) is 0.333.